The minimum absolute atomic E-state index is 0. The summed E-state index contributed by atoms with van der Waals surface area (Å²) < 4.78 is 43.7. The summed E-state index contributed by atoms with van der Waals surface area (Å²) in [6.45, 7) is 0.545. The number of phosphoric acid groups is 3. The number of H-pyrrole nitrogens is 1. The van der Waals surface area contributed by atoms with Gasteiger partial charge in [-0.05, 0) is 6.92 Å². The molecule has 2 unspecified atom stereocenters. The molecule has 1 aliphatic rings. The standard InChI is InChI=1S/C10H18N3O13P3S.4Na/c1-3-5(12-10(16)13-9(3)11)8-7(15)6(14)4(30-8)2-24-28(20,21)26-29(22,23)25-27(17,18)19;;;;/h4,6-8,14-15H,2H2,1H3,(H,20,21)(H,22,23)(H2,17,18,19)(H3,11,12,13,16);;;;/q;4*+1/p-4/t4-,6-,7-,8-;;;;/m1..../s1. The maximum Gasteiger partial charge on any atom is 1.00 e. The van der Waals surface area contributed by atoms with Crippen molar-refractivity contribution in [1.82, 2.24) is 9.97 Å². The van der Waals surface area contributed by atoms with E-state index in [0.717, 1.165) is 11.8 Å². The van der Waals surface area contributed by atoms with Gasteiger partial charge in [0, 0.05) is 11.3 Å². The van der Waals surface area contributed by atoms with E-state index < -0.39 is 58.5 Å². The number of phosphoric ester groups is 1. The van der Waals surface area contributed by atoms with Gasteiger partial charge in [0.05, 0.1) is 37.1 Å². The fourth-order valence-corrected chi connectivity index (χ4v) is 6.94. The molecule has 1 fully saturated rings. The van der Waals surface area contributed by atoms with E-state index in [4.69, 9.17) is 5.73 Å². The van der Waals surface area contributed by atoms with E-state index in [2.05, 4.69) is 23.1 Å². The van der Waals surface area contributed by atoms with Gasteiger partial charge in [0.25, 0.3) is 15.6 Å². The van der Waals surface area contributed by atoms with Crippen LogP contribution in [0.1, 0.15) is 16.5 Å². The summed E-state index contributed by atoms with van der Waals surface area (Å²) in [5.74, 6) is -0.131. The molecular formula is C10H14N3Na4O13P3S. The molecule has 2 heterocycles. The smallest absolute Gasteiger partial charge is 0.790 e. The van der Waals surface area contributed by atoms with Crippen LogP contribution in [0.25, 0.3) is 0 Å². The van der Waals surface area contributed by atoms with E-state index in [1.54, 1.807) is 0 Å². The number of nitrogen functional groups attached to an aromatic ring is 1. The van der Waals surface area contributed by atoms with Crippen LogP contribution in [0.15, 0.2) is 4.79 Å². The topological polar surface area (TPSA) is 283 Å². The van der Waals surface area contributed by atoms with Gasteiger partial charge in [-0.25, -0.2) is 9.11 Å². The van der Waals surface area contributed by atoms with Crippen LogP contribution in [0.5, 0.6) is 0 Å². The molecule has 172 valence electrons. The van der Waals surface area contributed by atoms with Crippen LogP contribution in [0.4, 0.5) is 5.82 Å². The normalized spacial score (nSPS) is 25.4. The average Bonchev–Trinajstić information content (AvgIpc) is 2.81. The fourth-order valence-electron chi connectivity index (χ4n) is 2.43. The monoisotopic (exact) mass is 601 g/mol. The third kappa shape index (κ3) is 12.7. The van der Waals surface area contributed by atoms with Gasteiger partial charge < -0.3 is 49.6 Å². The number of hydrogen-bond acceptors (Lipinski definition) is 16. The summed E-state index contributed by atoms with van der Waals surface area (Å²) in [5, 5.41) is 18.2. The second-order valence-electron chi connectivity index (χ2n) is 5.84. The Kier molecular flexibility index (Phi) is 20.4. The van der Waals surface area contributed by atoms with E-state index in [9.17, 15) is 48.3 Å². The predicted octanol–water partition coefficient (Wildman–Crippen LogP) is -15.6. The van der Waals surface area contributed by atoms with Crippen LogP contribution in [0.3, 0.4) is 0 Å². The van der Waals surface area contributed by atoms with Crippen molar-refractivity contribution in [3.63, 3.8) is 0 Å². The number of nitrogens with one attached hydrogen (secondary N) is 1. The van der Waals surface area contributed by atoms with Gasteiger partial charge in [0.15, 0.2) is 0 Å². The maximum absolute atomic E-state index is 11.6. The number of aromatic amines is 1. The molecule has 1 aromatic heterocycles. The Labute approximate surface area is 285 Å². The summed E-state index contributed by atoms with van der Waals surface area (Å²) in [4.78, 5) is 60.6. The number of hydrogen-bond donors (Lipinski definition) is 4. The van der Waals surface area contributed by atoms with Crippen molar-refractivity contribution in [1.29, 1.82) is 0 Å². The van der Waals surface area contributed by atoms with Crippen molar-refractivity contribution in [3.8, 4) is 0 Å². The average molecular weight is 601 g/mol. The van der Waals surface area contributed by atoms with Crippen molar-refractivity contribution in [3.05, 3.63) is 21.7 Å². The molecule has 0 bridgehead atoms. The zero-order chi connectivity index (χ0) is 23.1. The molecule has 0 spiro atoms. The SMILES string of the molecule is Cc1c(N)nc(=O)[nH]c1[C@H]1S[C@H](COP(=O)([O-])OP(=O)([O-])OP(=O)([O-])[O-])[C@@H](O)[C@H]1O.[Na+].[Na+].[Na+].[Na+]. The molecule has 0 saturated carbocycles. The van der Waals surface area contributed by atoms with Crippen LogP contribution in [-0.2, 0) is 26.8 Å². The van der Waals surface area contributed by atoms with Crippen molar-refractivity contribution < 1.29 is 175 Å². The van der Waals surface area contributed by atoms with Gasteiger partial charge in [-0.1, -0.05) is 0 Å². The Morgan fingerprint density at radius 2 is 1.56 bits per heavy atom. The van der Waals surface area contributed by atoms with E-state index in [0.29, 0.717) is 5.56 Å². The molecule has 0 aliphatic carbocycles. The van der Waals surface area contributed by atoms with Crippen LogP contribution in [-0.4, -0.2) is 44.2 Å². The summed E-state index contributed by atoms with van der Waals surface area (Å²) >= 11 is 0.763. The van der Waals surface area contributed by atoms with E-state index in [-0.39, 0.29) is 130 Å². The summed E-state index contributed by atoms with van der Waals surface area (Å²) in [6, 6.07) is 0. The number of aromatic nitrogens is 2. The molecule has 0 radical (unpaired) electrons. The second-order valence-corrected chi connectivity index (χ2v) is 11.5. The van der Waals surface area contributed by atoms with E-state index >= 15 is 0 Å². The Bertz CT molecular complexity index is 1010. The van der Waals surface area contributed by atoms with Gasteiger partial charge >= 0.3 is 124 Å². The predicted molar refractivity (Wildman–Crippen MR) is 91.1 cm³/mol. The van der Waals surface area contributed by atoms with Crippen LogP contribution in [0.2, 0.25) is 0 Å². The first-order valence-corrected chi connectivity index (χ1v) is 12.9. The molecule has 34 heavy (non-hydrogen) atoms. The Balaban J connectivity index is -0.00000240. The Hall–Kier alpha value is 3.36. The largest absolute Gasteiger partial charge is 1.00 e. The minimum atomic E-state index is -6.12. The van der Waals surface area contributed by atoms with Gasteiger partial charge in [-0.3, -0.25) is 13.4 Å². The number of nitrogens with two attached hydrogens (primary N) is 1. The molecule has 1 aromatic rings. The zero-order valence-electron chi connectivity index (χ0n) is 18.7. The number of thioether (sulfide) groups is 1. The Morgan fingerprint density at radius 1 is 1.03 bits per heavy atom. The summed E-state index contributed by atoms with van der Waals surface area (Å²) in [6.07, 6.45) is -3.12. The number of anilines is 1. The molecule has 0 amide bonds. The number of nitrogens with zero attached hydrogens (tertiary/aromatic N) is 1. The van der Waals surface area contributed by atoms with Crippen molar-refractivity contribution in [2.45, 2.75) is 29.6 Å². The first-order valence-electron chi connectivity index (χ1n) is 7.60. The maximum atomic E-state index is 11.6. The summed E-state index contributed by atoms with van der Waals surface area (Å²) in [5.41, 5.74) is 5.17. The molecule has 24 heteroatoms. The second kappa shape index (κ2) is 16.6. The van der Waals surface area contributed by atoms with E-state index in [1.165, 1.54) is 6.92 Å². The molecule has 16 nitrogen and oxygen atoms in total. The van der Waals surface area contributed by atoms with Gasteiger partial charge in [-0.2, -0.15) is 4.98 Å². The first kappa shape index (κ1) is 41.8. The van der Waals surface area contributed by atoms with Gasteiger partial charge in [-0.15, -0.1) is 11.8 Å². The van der Waals surface area contributed by atoms with Crippen LogP contribution >= 0.6 is 35.2 Å². The molecule has 2 rings (SSSR count). The Morgan fingerprint density at radius 3 is 2.06 bits per heavy atom. The summed E-state index contributed by atoms with van der Waals surface area (Å²) in [7, 11) is -18.0. The van der Waals surface area contributed by atoms with Gasteiger partial charge in [0.2, 0.25) is 0 Å². The molecule has 5 N–H and O–H groups in total. The molecule has 6 atom stereocenters. The van der Waals surface area contributed by atoms with Crippen molar-refractivity contribution in [2.75, 3.05) is 12.3 Å². The first-order chi connectivity index (χ1) is 13.5. The number of aliphatic hydroxyl groups excluding tert-OH is 2. The molecule has 1 saturated heterocycles. The fraction of sp³-hybridized carbons (Fsp3) is 0.600. The number of rotatable bonds is 8. The van der Waals surface area contributed by atoms with Crippen molar-refractivity contribution >= 4 is 41.0 Å². The quantitative estimate of drug-likeness (QED) is 0.159. The van der Waals surface area contributed by atoms with Crippen LogP contribution < -0.4 is 149 Å². The number of aliphatic hydroxyl groups is 2. The van der Waals surface area contributed by atoms with Crippen molar-refractivity contribution in [2.24, 2.45) is 0 Å². The molecule has 1 aliphatic heterocycles. The zero-order valence-corrected chi connectivity index (χ0v) is 30.2. The third-order valence-corrected chi connectivity index (χ3v) is 8.93. The minimum Gasteiger partial charge on any atom is -0.790 e. The van der Waals surface area contributed by atoms with Gasteiger partial charge in [0.1, 0.15) is 5.82 Å². The molecule has 0 aromatic carbocycles. The molecular weight excluding hydrogens is 587 g/mol. The van der Waals surface area contributed by atoms with E-state index in [1.807, 2.05) is 0 Å². The van der Waals surface area contributed by atoms with Crippen LogP contribution in [0, 0.1) is 6.92 Å². The third-order valence-electron chi connectivity index (χ3n) is 3.70.